The molecule has 0 aliphatic rings. The van der Waals surface area contributed by atoms with Gasteiger partial charge in [-0.2, -0.15) is 0 Å². The van der Waals surface area contributed by atoms with E-state index in [2.05, 4.69) is 187 Å². The molecule has 0 fully saturated rings. The third-order valence-electron chi connectivity index (χ3n) is 8.14. The molecule has 3 heteroatoms. The number of benzene rings is 6. The van der Waals surface area contributed by atoms with Crippen LogP contribution in [0.3, 0.4) is 0 Å². The summed E-state index contributed by atoms with van der Waals surface area (Å²) in [5.41, 5.74) is 8.25. The molecule has 0 bridgehead atoms. The van der Waals surface area contributed by atoms with Crippen LogP contribution in [-0.4, -0.2) is 0 Å². The molecule has 0 saturated heterocycles. The SMILES string of the molecule is Cc1ccccc1P(c1ccccc1C)c1ccccc1C.Cc1ccccc1P(c1ccccc1C)c1ccccc1C.[Fe]. The maximum absolute atomic E-state index is 2.29. The second kappa shape index (κ2) is 16.3. The normalized spacial score (nSPS) is 10.7. The molecule has 0 amide bonds. The van der Waals surface area contributed by atoms with Crippen molar-refractivity contribution in [2.24, 2.45) is 0 Å². The summed E-state index contributed by atoms with van der Waals surface area (Å²) in [6.45, 7) is 13.3. The van der Waals surface area contributed by atoms with Crippen molar-refractivity contribution < 1.29 is 17.1 Å². The molecular weight excluding hydrogens is 622 g/mol. The van der Waals surface area contributed by atoms with Gasteiger partial charge >= 0.3 is 0 Å². The first-order valence-electron chi connectivity index (χ1n) is 15.3. The predicted molar refractivity (Wildman–Crippen MR) is 199 cm³/mol. The van der Waals surface area contributed by atoms with Crippen molar-refractivity contribution >= 4 is 47.7 Å². The first kappa shape index (κ1) is 34.6. The standard InChI is InChI=1S/2C21H21P.Fe/c2*1-16-10-4-7-13-19(16)22(20-14-8-5-11-17(20)2)21-15-9-6-12-18(21)3;/h2*4-15H,1-3H3;. The Morgan fingerprint density at radius 2 is 0.378 bits per heavy atom. The third kappa shape index (κ3) is 8.11. The second-order valence-electron chi connectivity index (χ2n) is 11.4. The van der Waals surface area contributed by atoms with Crippen LogP contribution in [0.4, 0.5) is 0 Å². The summed E-state index contributed by atoms with van der Waals surface area (Å²) in [6, 6.07) is 52.8. The van der Waals surface area contributed by atoms with Crippen LogP contribution in [0.25, 0.3) is 0 Å². The Balaban J connectivity index is 0.000000200. The van der Waals surface area contributed by atoms with E-state index in [0.29, 0.717) is 0 Å². The molecule has 45 heavy (non-hydrogen) atoms. The summed E-state index contributed by atoms with van der Waals surface area (Å²) in [4.78, 5) is 0. The van der Waals surface area contributed by atoms with E-state index in [1.54, 1.807) is 0 Å². The Morgan fingerprint density at radius 3 is 0.511 bits per heavy atom. The van der Waals surface area contributed by atoms with E-state index in [1.165, 1.54) is 65.2 Å². The Hall–Kier alpha value is -3.30. The maximum Gasteiger partial charge on any atom is 0 e. The van der Waals surface area contributed by atoms with Crippen LogP contribution in [0.15, 0.2) is 146 Å². The molecule has 0 heterocycles. The smallest absolute Gasteiger partial charge is 0 e. The topological polar surface area (TPSA) is 0 Å². The molecule has 6 rings (SSSR count). The summed E-state index contributed by atoms with van der Waals surface area (Å²) >= 11 is 0. The van der Waals surface area contributed by atoms with Gasteiger partial charge in [0.1, 0.15) is 0 Å². The summed E-state index contributed by atoms with van der Waals surface area (Å²) in [5.74, 6) is 0. The monoisotopic (exact) mass is 664 g/mol. The van der Waals surface area contributed by atoms with Gasteiger partial charge in [-0.15, -0.1) is 0 Å². The van der Waals surface area contributed by atoms with Crippen molar-refractivity contribution in [2.45, 2.75) is 41.5 Å². The molecule has 0 aromatic heterocycles. The van der Waals surface area contributed by atoms with Gasteiger partial charge in [-0.25, -0.2) is 0 Å². The molecule has 0 N–H and O–H groups in total. The molecule has 228 valence electrons. The van der Waals surface area contributed by atoms with Crippen LogP contribution in [0, 0.1) is 41.5 Å². The molecule has 6 aromatic carbocycles. The molecule has 0 aliphatic carbocycles. The van der Waals surface area contributed by atoms with Crippen molar-refractivity contribution in [3.63, 3.8) is 0 Å². The van der Waals surface area contributed by atoms with Gasteiger partial charge in [-0.05, 0) is 123 Å². The van der Waals surface area contributed by atoms with Crippen molar-refractivity contribution in [2.75, 3.05) is 0 Å². The third-order valence-corrected chi connectivity index (χ3v) is 14.0. The zero-order valence-electron chi connectivity index (χ0n) is 27.1. The van der Waals surface area contributed by atoms with Crippen LogP contribution >= 0.6 is 15.8 Å². The zero-order chi connectivity index (χ0) is 31.1. The van der Waals surface area contributed by atoms with E-state index in [9.17, 15) is 0 Å². The van der Waals surface area contributed by atoms with Crippen molar-refractivity contribution in [1.82, 2.24) is 0 Å². The van der Waals surface area contributed by atoms with Gasteiger partial charge in [0.25, 0.3) is 0 Å². The Labute approximate surface area is 284 Å². The molecule has 0 unspecified atom stereocenters. The van der Waals surface area contributed by atoms with E-state index in [0.717, 1.165) is 0 Å². The van der Waals surface area contributed by atoms with Crippen molar-refractivity contribution in [1.29, 1.82) is 0 Å². The molecule has 0 atom stereocenters. The van der Waals surface area contributed by atoms with Crippen LogP contribution in [0.5, 0.6) is 0 Å². The second-order valence-corrected chi connectivity index (χ2v) is 15.6. The Morgan fingerprint density at radius 1 is 0.244 bits per heavy atom. The van der Waals surface area contributed by atoms with E-state index in [4.69, 9.17) is 0 Å². The van der Waals surface area contributed by atoms with Crippen LogP contribution in [-0.2, 0) is 17.1 Å². The van der Waals surface area contributed by atoms with Gasteiger partial charge in [-0.3, -0.25) is 0 Å². The number of hydrogen-bond acceptors (Lipinski definition) is 0. The fourth-order valence-electron chi connectivity index (χ4n) is 5.66. The van der Waals surface area contributed by atoms with E-state index in [-0.39, 0.29) is 17.1 Å². The predicted octanol–water partition coefficient (Wildman–Crippen LogP) is 8.74. The first-order valence-corrected chi connectivity index (χ1v) is 18.0. The Bertz CT molecular complexity index is 1510. The fraction of sp³-hybridized carbons (Fsp3) is 0.143. The quantitative estimate of drug-likeness (QED) is 0.123. The maximum atomic E-state index is 2.29. The van der Waals surface area contributed by atoms with Crippen LogP contribution < -0.4 is 31.8 Å². The first-order chi connectivity index (χ1) is 21.4. The molecule has 0 nitrogen and oxygen atoms in total. The molecular formula is C42H42FeP2. The zero-order valence-corrected chi connectivity index (χ0v) is 30.0. The van der Waals surface area contributed by atoms with Crippen molar-refractivity contribution in [3.05, 3.63) is 179 Å². The molecule has 0 spiro atoms. The number of rotatable bonds is 6. The molecule has 0 radical (unpaired) electrons. The van der Waals surface area contributed by atoms with Gasteiger partial charge in [0.05, 0.1) is 0 Å². The van der Waals surface area contributed by atoms with Gasteiger partial charge in [0.15, 0.2) is 0 Å². The Kier molecular flexibility index (Phi) is 12.5. The van der Waals surface area contributed by atoms with E-state index < -0.39 is 15.8 Å². The van der Waals surface area contributed by atoms with Gasteiger partial charge < -0.3 is 0 Å². The summed E-state index contributed by atoms with van der Waals surface area (Å²) in [6.07, 6.45) is 0. The summed E-state index contributed by atoms with van der Waals surface area (Å²) < 4.78 is 0. The van der Waals surface area contributed by atoms with Crippen molar-refractivity contribution in [3.8, 4) is 0 Å². The minimum absolute atomic E-state index is 0. The number of hydrogen-bond donors (Lipinski definition) is 0. The van der Waals surface area contributed by atoms with Crippen LogP contribution in [0.1, 0.15) is 33.4 Å². The average molecular weight is 665 g/mol. The average Bonchev–Trinajstić information content (AvgIpc) is 3.03. The summed E-state index contributed by atoms with van der Waals surface area (Å²) in [5, 5.41) is 8.76. The minimum Gasteiger partial charge on any atom is -0.0620 e. The summed E-state index contributed by atoms with van der Waals surface area (Å²) in [7, 11) is -1.02. The van der Waals surface area contributed by atoms with E-state index >= 15 is 0 Å². The van der Waals surface area contributed by atoms with E-state index in [1.807, 2.05) is 0 Å². The molecule has 0 saturated carbocycles. The van der Waals surface area contributed by atoms with Gasteiger partial charge in [-0.1, -0.05) is 146 Å². The molecule has 0 aliphatic heterocycles. The minimum atomic E-state index is -0.508. The van der Waals surface area contributed by atoms with Gasteiger partial charge in [0.2, 0.25) is 0 Å². The largest absolute Gasteiger partial charge is 0.0620 e. The van der Waals surface area contributed by atoms with Gasteiger partial charge in [0, 0.05) is 17.1 Å². The fourth-order valence-corrected chi connectivity index (χ4v) is 11.2. The molecule has 6 aromatic rings. The number of aryl methyl sites for hydroxylation is 6. The van der Waals surface area contributed by atoms with Crippen LogP contribution in [0.2, 0.25) is 0 Å².